The first kappa shape index (κ1) is 12.5. The SMILES string of the molecule is Cc1nc(C)c(C(=O)Cc2ccc3c(c2)CCC3)s1. The Hall–Kier alpha value is -1.48. The van der Waals surface area contributed by atoms with Crippen molar-refractivity contribution in [3.8, 4) is 0 Å². The van der Waals surface area contributed by atoms with Crippen molar-refractivity contribution >= 4 is 17.1 Å². The summed E-state index contributed by atoms with van der Waals surface area (Å²) in [5.41, 5.74) is 4.90. The van der Waals surface area contributed by atoms with Crippen LogP contribution in [0.25, 0.3) is 0 Å². The largest absolute Gasteiger partial charge is 0.293 e. The van der Waals surface area contributed by atoms with E-state index in [1.165, 1.54) is 35.3 Å². The van der Waals surface area contributed by atoms with Crippen LogP contribution in [0.2, 0.25) is 0 Å². The summed E-state index contributed by atoms with van der Waals surface area (Å²) in [6.45, 7) is 3.86. The molecule has 98 valence electrons. The van der Waals surface area contributed by atoms with Crippen molar-refractivity contribution in [3.05, 3.63) is 50.5 Å². The predicted octanol–water partition coefficient (Wildman–Crippen LogP) is 3.67. The molecule has 1 aliphatic rings. The molecule has 0 fully saturated rings. The Morgan fingerprint density at radius 2 is 2.05 bits per heavy atom. The van der Waals surface area contributed by atoms with E-state index in [4.69, 9.17) is 0 Å². The van der Waals surface area contributed by atoms with Crippen molar-refractivity contribution < 1.29 is 4.79 Å². The van der Waals surface area contributed by atoms with Crippen molar-refractivity contribution in [2.75, 3.05) is 0 Å². The molecule has 3 heteroatoms. The molecule has 0 atom stereocenters. The molecule has 19 heavy (non-hydrogen) atoms. The number of rotatable bonds is 3. The second-order valence-electron chi connectivity index (χ2n) is 5.20. The van der Waals surface area contributed by atoms with Crippen LogP contribution in [-0.4, -0.2) is 10.8 Å². The highest BCUT2D eigenvalue weighted by molar-refractivity contribution is 7.13. The van der Waals surface area contributed by atoms with Crippen LogP contribution < -0.4 is 0 Å². The normalized spacial score (nSPS) is 13.6. The zero-order valence-corrected chi connectivity index (χ0v) is 12.1. The third-order valence-electron chi connectivity index (χ3n) is 3.68. The number of aryl methyl sites for hydroxylation is 4. The smallest absolute Gasteiger partial charge is 0.179 e. The molecule has 1 aromatic carbocycles. The van der Waals surface area contributed by atoms with Crippen molar-refractivity contribution in [2.45, 2.75) is 39.5 Å². The van der Waals surface area contributed by atoms with E-state index >= 15 is 0 Å². The Balaban J connectivity index is 1.81. The topological polar surface area (TPSA) is 30.0 Å². The molecule has 0 saturated heterocycles. The molecule has 3 rings (SSSR count). The lowest BCUT2D eigenvalue weighted by molar-refractivity contribution is 0.0996. The molecule has 0 amide bonds. The molecule has 1 heterocycles. The fourth-order valence-corrected chi connectivity index (χ4v) is 3.65. The Morgan fingerprint density at radius 1 is 1.26 bits per heavy atom. The summed E-state index contributed by atoms with van der Waals surface area (Å²) >= 11 is 1.51. The van der Waals surface area contributed by atoms with Crippen molar-refractivity contribution in [3.63, 3.8) is 0 Å². The number of carbonyl (C=O) groups is 1. The van der Waals surface area contributed by atoms with Gasteiger partial charge in [0, 0.05) is 6.42 Å². The molecule has 2 nitrogen and oxygen atoms in total. The van der Waals surface area contributed by atoms with Crippen molar-refractivity contribution in [1.82, 2.24) is 4.98 Å². The summed E-state index contributed by atoms with van der Waals surface area (Å²) in [4.78, 5) is 17.5. The Morgan fingerprint density at radius 3 is 2.79 bits per heavy atom. The minimum absolute atomic E-state index is 0.195. The molecule has 2 aromatic rings. The van der Waals surface area contributed by atoms with Gasteiger partial charge in [0.2, 0.25) is 0 Å². The van der Waals surface area contributed by atoms with E-state index in [9.17, 15) is 4.79 Å². The van der Waals surface area contributed by atoms with Crippen LogP contribution in [0, 0.1) is 13.8 Å². The minimum Gasteiger partial charge on any atom is -0.293 e. The van der Waals surface area contributed by atoms with Gasteiger partial charge in [0.25, 0.3) is 0 Å². The van der Waals surface area contributed by atoms with Crippen LogP contribution in [0.15, 0.2) is 18.2 Å². The first-order valence-corrected chi connectivity index (χ1v) is 7.53. The molecule has 0 spiro atoms. The molecule has 0 N–H and O–H groups in total. The van der Waals surface area contributed by atoms with E-state index in [0.29, 0.717) is 6.42 Å². The van der Waals surface area contributed by atoms with E-state index < -0.39 is 0 Å². The molecule has 0 aliphatic heterocycles. The van der Waals surface area contributed by atoms with Gasteiger partial charge in [0.1, 0.15) is 0 Å². The second-order valence-corrected chi connectivity index (χ2v) is 6.41. The van der Waals surface area contributed by atoms with E-state index in [0.717, 1.165) is 27.6 Å². The number of Topliss-reactive ketones (excluding diaryl/α,β-unsaturated/α-hetero) is 1. The maximum absolute atomic E-state index is 12.3. The van der Waals surface area contributed by atoms with Crippen LogP contribution >= 0.6 is 11.3 Å². The number of hydrogen-bond donors (Lipinski definition) is 0. The molecule has 0 radical (unpaired) electrons. The standard InChI is InChI=1S/C16H17NOS/c1-10-16(19-11(2)17-10)15(18)9-12-6-7-13-4-3-5-14(13)8-12/h6-8H,3-5,9H2,1-2H3. The summed E-state index contributed by atoms with van der Waals surface area (Å²) in [7, 11) is 0. The lowest BCUT2D eigenvalue weighted by Crippen LogP contribution is -2.03. The van der Waals surface area contributed by atoms with Crippen LogP contribution in [0.5, 0.6) is 0 Å². The summed E-state index contributed by atoms with van der Waals surface area (Å²) in [6, 6.07) is 6.50. The van der Waals surface area contributed by atoms with Crippen LogP contribution in [0.3, 0.4) is 0 Å². The van der Waals surface area contributed by atoms with Gasteiger partial charge < -0.3 is 0 Å². The quantitative estimate of drug-likeness (QED) is 0.797. The summed E-state index contributed by atoms with van der Waals surface area (Å²) in [6.07, 6.45) is 4.10. The highest BCUT2D eigenvalue weighted by atomic mass is 32.1. The van der Waals surface area contributed by atoms with Crippen LogP contribution in [0.1, 0.15) is 43.5 Å². The summed E-state index contributed by atoms with van der Waals surface area (Å²) in [5, 5.41) is 0.967. The highest BCUT2D eigenvalue weighted by Crippen LogP contribution is 2.24. The second kappa shape index (κ2) is 4.89. The van der Waals surface area contributed by atoms with E-state index in [-0.39, 0.29) is 5.78 Å². The van der Waals surface area contributed by atoms with Gasteiger partial charge in [-0.2, -0.15) is 0 Å². The lowest BCUT2D eigenvalue weighted by atomic mass is 10.0. The molecule has 1 aliphatic carbocycles. The maximum Gasteiger partial charge on any atom is 0.179 e. The number of benzene rings is 1. The van der Waals surface area contributed by atoms with Crippen molar-refractivity contribution in [2.24, 2.45) is 0 Å². The zero-order chi connectivity index (χ0) is 13.4. The molecule has 0 saturated carbocycles. The Kier molecular flexibility index (Phi) is 3.23. The highest BCUT2D eigenvalue weighted by Gasteiger charge is 2.16. The first-order valence-electron chi connectivity index (χ1n) is 6.71. The number of nitrogens with zero attached hydrogens (tertiary/aromatic N) is 1. The van der Waals surface area contributed by atoms with E-state index in [2.05, 4.69) is 23.2 Å². The molecule has 0 unspecified atom stereocenters. The number of aromatic nitrogens is 1. The third-order valence-corrected chi connectivity index (χ3v) is 4.80. The zero-order valence-electron chi connectivity index (χ0n) is 11.3. The monoisotopic (exact) mass is 271 g/mol. The number of hydrogen-bond acceptors (Lipinski definition) is 3. The van der Waals surface area contributed by atoms with Gasteiger partial charge in [0.05, 0.1) is 15.6 Å². The number of thiazole rings is 1. The molecular formula is C16H17NOS. The van der Waals surface area contributed by atoms with E-state index in [1.807, 2.05) is 13.8 Å². The maximum atomic E-state index is 12.3. The van der Waals surface area contributed by atoms with Gasteiger partial charge in [-0.25, -0.2) is 4.98 Å². The van der Waals surface area contributed by atoms with Gasteiger partial charge in [-0.15, -0.1) is 11.3 Å². The van der Waals surface area contributed by atoms with Gasteiger partial charge in [-0.05, 0) is 49.8 Å². The van der Waals surface area contributed by atoms with E-state index in [1.54, 1.807) is 0 Å². The average Bonchev–Trinajstić information content (AvgIpc) is 2.94. The first-order chi connectivity index (χ1) is 9.13. The van der Waals surface area contributed by atoms with Crippen LogP contribution in [0.4, 0.5) is 0 Å². The summed E-state index contributed by atoms with van der Waals surface area (Å²) < 4.78 is 0. The van der Waals surface area contributed by atoms with Gasteiger partial charge in [-0.1, -0.05) is 18.2 Å². The lowest BCUT2D eigenvalue weighted by Gasteiger charge is -2.04. The minimum atomic E-state index is 0.195. The van der Waals surface area contributed by atoms with Gasteiger partial charge in [0.15, 0.2) is 5.78 Å². The number of fused-ring (bicyclic) bond motifs is 1. The Bertz CT molecular complexity index is 642. The number of carbonyl (C=O) groups excluding carboxylic acids is 1. The van der Waals surface area contributed by atoms with Crippen molar-refractivity contribution in [1.29, 1.82) is 0 Å². The summed E-state index contributed by atoms with van der Waals surface area (Å²) in [5.74, 6) is 0.195. The molecule has 0 bridgehead atoms. The van der Waals surface area contributed by atoms with Gasteiger partial charge in [-0.3, -0.25) is 4.79 Å². The number of ketones is 1. The fraction of sp³-hybridized carbons (Fsp3) is 0.375. The average molecular weight is 271 g/mol. The molecule has 1 aromatic heterocycles. The fourth-order valence-electron chi connectivity index (χ4n) is 2.79. The van der Waals surface area contributed by atoms with Crippen LogP contribution in [-0.2, 0) is 19.3 Å². The third kappa shape index (κ3) is 2.47. The molecular weight excluding hydrogens is 254 g/mol. The predicted molar refractivity (Wildman–Crippen MR) is 78.1 cm³/mol. The Labute approximate surface area is 117 Å². The van der Waals surface area contributed by atoms with Gasteiger partial charge >= 0.3 is 0 Å².